The van der Waals surface area contributed by atoms with Crippen LogP contribution in [0, 0.1) is 6.92 Å². The normalized spacial score (nSPS) is 11.2. The number of rotatable bonds is 5. The van der Waals surface area contributed by atoms with Crippen molar-refractivity contribution in [2.75, 3.05) is 22.4 Å². The minimum Gasteiger partial charge on any atom is -0.324 e. The molecule has 0 saturated heterocycles. The van der Waals surface area contributed by atoms with E-state index in [1.54, 1.807) is 25.1 Å². The van der Waals surface area contributed by atoms with Crippen LogP contribution in [0.15, 0.2) is 36.4 Å². The van der Waals surface area contributed by atoms with Crippen LogP contribution in [0.3, 0.4) is 0 Å². The van der Waals surface area contributed by atoms with Crippen LogP contribution in [-0.4, -0.2) is 27.1 Å². The summed E-state index contributed by atoms with van der Waals surface area (Å²) in [4.78, 5) is 12.4. The van der Waals surface area contributed by atoms with Crippen LogP contribution in [0.2, 0.25) is 15.1 Å². The summed E-state index contributed by atoms with van der Waals surface area (Å²) in [6.45, 7) is 1.35. The first kappa shape index (κ1) is 19.8. The van der Waals surface area contributed by atoms with Gasteiger partial charge in [-0.1, -0.05) is 40.9 Å². The van der Waals surface area contributed by atoms with Crippen LogP contribution in [-0.2, 0) is 14.8 Å². The summed E-state index contributed by atoms with van der Waals surface area (Å²) in [7, 11) is -3.76. The van der Waals surface area contributed by atoms with Gasteiger partial charge in [-0.3, -0.25) is 9.10 Å². The summed E-state index contributed by atoms with van der Waals surface area (Å²) < 4.78 is 25.2. The van der Waals surface area contributed by atoms with Gasteiger partial charge in [-0.25, -0.2) is 8.42 Å². The topological polar surface area (TPSA) is 66.5 Å². The Morgan fingerprint density at radius 2 is 1.68 bits per heavy atom. The molecule has 0 aliphatic carbocycles. The lowest BCUT2D eigenvalue weighted by Crippen LogP contribution is -2.37. The van der Waals surface area contributed by atoms with E-state index in [4.69, 9.17) is 34.8 Å². The van der Waals surface area contributed by atoms with Crippen LogP contribution in [0.25, 0.3) is 0 Å². The van der Waals surface area contributed by atoms with Crippen molar-refractivity contribution in [3.8, 4) is 0 Å². The molecule has 0 spiro atoms. The fourth-order valence-corrected chi connectivity index (χ4v) is 3.58. The summed E-state index contributed by atoms with van der Waals surface area (Å²) in [5.41, 5.74) is 1.43. The molecule has 0 bridgehead atoms. The smallest absolute Gasteiger partial charge is 0.245 e. The number of carbonyl (C=O) groups is 1. The lowest BCUT2D eigenvalue weighted by atomic mass is 10.2. The summed E-state index contributed by atoms with van der Waals surface area (Å²) in [5.74, 6) is -0.535. The number of aryl methyl sites for hydroxylation is 1. The van der Waals surface area contributed by atoms with E-state index in [9.17, 15) is 13.2 Å². The predicted octanol–water partition coefficient (Wildman–Crippen LogP) is 4.36. The van der Waals surface area contributed by atoms with Crippen LogP contribution < -0.4 is 9.62 Å². The molecule has 0 aliphatic rings. The molecule has 0 saturated carbocycles. The number of benzene rings is 2. The summed E-state index contributed by atoms with van der Waals surface area (Å²) in [5, 5.41) is 3.58. The Kier molecular flexibility index (Phi) is 6.21. The maximum atomic E-state index is 12.4. The van der Waals surface area contributed by atoms with Crippen LogP contribution in [0.5, 0.6) is 0 Å². The van der Waals surface area contributed by atoms with E-state index < -0.39 is 22.5 Å². The molecule has 2 aromatic carbocycles. The molecule has 25 heavy (non-hydrogen) atoms. The molecule has 134 valence electrons. The standard InChI is InChI=1S/C16H15Cl3N2O3S/c1-10-3-4-11(17)7-14(10)20-16(22)9-21(25(2,23)24)15-8-12(18)5-6-13(15)19/h3-8H,9H2,1-2H3,(H,20,22). The number of hydrogen-bond acceptors (Lipinski definition) is 3. The molecule has 0 aromatic heterocycles. The highest BCUT2D eigenvalue weighted by atomic mass is 35.5. The Bertz CT molecular complexity index is 917. The van der Waals surface area contributed by atoms with Gasteiger partial charge in [0, 0.05) is 15.7 Å². The zero-order chi connectivity index (χ0) is 18.8. The largest absolute Gasteiger partial charge is 0.324 e. The van der Waals surface area contributed by atoms with E-state index in [2.05, 4.69) is 5.32 Å². The number of carbonyl (C=O) groups excluding carboxylic acids is 1. The first-order valence-corrected chi connectivity index (χ1v) is 10.0. The van der Waals surface area contributed by atoms with Crippen molar-refractivity contribution in [3.05, 3.63) is 57.0 Å². The zero-order valence-corrected chi connectivity index (χ0v) is 16.5. The van der Waals surface area contributed by atoms with E-state index in [-0.39, 0.29) is 10.7 Å². The lowest BCUT2D eigenvalue weighted by Gasteiger charge is -2.23. The van der Waals surface area contributed by atoms with Gasteiger partial charge in [0.2, 0.25) is 15.9 Å². The Balaban J connectivity index is 2.30. The Labute approximate surface area is 161 Å². The molecule has 0 radical (unpaired) electrons. The monoisotopic (exact) mass is 420 g/mol. The number of amides is 1. The second-order valence-corrected chi connectivity index (χ2v) is 8.56. The molecular weight excluding hydrogens is 407 g/mol. The number of nitrogens with zero attached hydrogens (tertiary/aromatic N) is 1. The maximum absolute atomic E-state index is 12.4. The quantitative estimate of drug-likeness (QED) is 0.780. The van der Waals surface area contributed by atoms with Crippen molar-refractivity contribution in [1.29, 1.82) is 0 Å². The van der Waals surface area contributed by atoms with E-state index in [0.29, 0.717) is 15.7 Å². The van der Waals surface area contributed by atoms with Crippen LogP contribution in [0.4, 0.5) is 11.4 Å². The van der Waals surface area contributed by atoms with Crippen LogP contribution >= 0.6 is 34.8 Å². The second-order valence-electron chi connectivity index (χ2n) is 5.37. The van der Waals surface area contributed by atoms with Crippen LogP contribution in [0.1, 0.15) is 5.56 Å². The van der Waals surface area contributed by atoms with Gasteiger partial charge in [-0.05, 0) is 42.8 Å². The predicted molar refractivity (Wildman–Crippen MR) is 103 cm³/mol. The third-order valence-corrected chi connectivity index (χ3v) is 5.25. The van der Waals surface area contributed by atoms with Gasteiger partial charge in [0.1, 0.15) is 6.54 Å². The van der Waals surface area contributed by atoms with Crippen molar-refractivity contribution in [1.82, 2.24) is 0 Å². The highest BCUT2D eigenvalue weighted by Gasteiger charge is 2.23. The average Bonchev–Trinajstić information content (AvgIpc) is 2.50. The highest BCUT2D eigenvalue weighted by Crippen LogP contribution is 2.30. The fourth-order valence-electron chi connectivity index (χ4n) is 2.11. The molecule has 0 atom stereocenters. The van der Waals surface area contributed by atoms with E-state index in [1.807, 2.05) is 0 Å². The van der Waals surface area contributed by atoms with Crippen molar-refractivity contribution in [2.45, 2.75) is 6.92 Å². The third-order valence-electron chi connectivity index (χ3n) is 3.34. The summed E-state index contributed by atoms with van der Waals surface area (Å²) >= 11 is 17.9. The minimum atomic E-state index is -3.76. The Hall–Kier alpha value is -1.47. The number of anilines is 2. The SMILES string of the molecule is Cc1ccc(Cl)cc1NC(=O)CN(c1cc(Cl)ccc1Cl)S(C)(=O)=O. The van der Waals surface area contributed by atoms with Crippen molar-refractivity contribution >= 4 is 62.1 Å². The molecule has 0 unspecified atom stereocenters. The molecule has 0 fully saturated rings. The van der Waals surface area contributed by atoms with Crippen molar-refractivity contribution < 1.29 is 13.2 Å². The minimum absolute atomic E-state index is 0.134. The van der Waals surface area contributed by atoms with E-state index in [0.717, 1.165) is 16.1 Å². The third kappa shape index (κ3) is 5.25. The highest BCUT2D eigenvalue weighted by molar-refractivity contribution is 7.92. The van der Waals surface area contributed by atoms with Gasteiger partial charge in [-0.2, -0.15) is 0 Å². The number of nitrogens with one attached hydrogen (secondary N) is 1. The molecule has 2 aromatic rings. The van der Waals surface area contributed by atoms with E-state index in [1.165, 1.54) is 18.2 Å². The van der Waals surface area contributed by atoms with Crippen molar-refractivity contribution in [2.24, 2.45) is 0 Å². The van der Waals surface area contributed by atoms with Gasteiger partial charge in [-0.15, -0.1) is 0 Å². The molecule has 1 amide bonds. The number of sulfonamides is 1. The Morgan fingerprint density at radius 3 is 2.32 bits per heavy atom. The lowest BCUT2D eigenvalue weighted by molar-refractivity contribution is -0.114. The Morgan fingerprint density at radius 1 is 1.08 bits per heavy atom. The van der Waals surface area contributed by atoms with Gasteiger partial charge in [0.15, 0.2) is 0 Å². The summed E-state index contributed by atoms with van der Waals surface area (Å²) in [6.07, 6.45) is 0.988. The molecule has 9 heteroatoms. The molecule has 5 nitrogen and oxygen atoms in total. The molecule has 2 rings (SSSR count). The molecule has 0 heterocycles. The molecule has 0 aliphatic heterocycles. The second kappa shape index (κ2) is 7.83. The average molecular weight is 422 g/mol. The fraction of sp³-hybridized carbons (Fsp3) is 0.188. The van der Waals surface area contributed by atoms with Crippen molar-refractivity contribution in [3.63, 3.8) is 0 Å². The van der Waals surface area contributed by atoms with Gasteiger partial charge in [0.05, 0.1) is 17.0 Å². The first-order valence-electron chi connectivity index (χ1n) is 7.06. The molecular formula is C16H15Cl3N2O3S. The van der Waals surface area contributed by atoms with Gasteiger partial charge in [0.25, 0.3) is 0 Å². The zero-order valence-electron chi connectivity index (χ0n) is 13.4. The first-order chi connectivity index (χ1) is 11.6. The van der Waals surface area contributed by atoms with Gasteiger partial charge < -0.3 is 5.32 Å². The maximum Gasteiger partial charge on any atom is 0.245 e. The molecule has 1 N–H and O–H groups in total. The summed E-state index contributed by atoms with van der Waals surface area (Å²) in [6, 6.07) is 9.43. The number of hydrogen-bond donors (Lipinski definition) is 1. The van der Waals surface area contributed by atoms with E-state index >= 15 is 0 Å². The van der Waals surface area contributed by atoms with Gasteiger partial charge >= 0.3 is 0 Å². The number of halogens is 3.